The lowest BCUT2D eigenvalue weighted by Gasteiger charge is -2.75. The highest BCUT2D eigenvalue weighted by Crippen LogP contribution is 3.00. The third-order valence-electron chi connectivity index (χ3n) is 10.9. The van der Waals surface area contributed by atoms with Crippen molar-refractivity contribution in [3.05, 3.63) is 0 Å². The maximum absolute atomic E-state index is 1.74. The van der Waals surface area contributed by atoms with Gasteiger partial charge in [-0.3, -0.25) is 0 Å². The maximum atomic E-state index is 1.74. The second-order valence-corrected chi connectivity index (χ2v) is 9.77. The third kappa shape index (κ3) is 0.425. The van der Waals surface area contributed by atoms with E-state index in [1.807, 2.05) is 0 Å². The predicted octanol–water partition coefficient (Wildman–Crippen LogP) is 3.57. The van der Waals surface area contributed by atoms with Crippen molar-refractivity contribution >= 4 is 0 Å². The van der Waals surface area contributed by atoms with Crippen LogP contribution in [0.2, 0.25) is 0 Å². The lowest BCUT2D eigenvalue weighted by atomic mass is 9.30. The molecule has 0 nitrogen and oxygen atoms in total. The van der Waals surface area contributed by atoms with Crippen LogP contribution in [0.5, 0.6) is 0 Å². The molecule has 0 aromatic rings. The van der Waals surface area contributed by atoms with Crippen molar-refractivity contribution in [1.82, 2.24) is 0 Å². The minimum absolute atomic E-state index is 0.984. The number of hydrogen-bond acceptors (Lipinski definition) is 0. The molecule has 4 bridgehead atoms. The molecule has 18 heavy (non-hydrogen) atoms. The zero-order valence-electron chi connectivity index (χ0n) is 11.0. The molecule has 0 heteroatoms. The van der Waals surface area contributed by atoms with E-state index in [4.69, 9.17) is 0 Å². The van der Waals surface area contributed by atoms with Crippen LogP contribution in [0.4, 0.5) is 0 Å². The Morgan fingerprint density at radius 3 is 2.22 bits per heavy atom. The Morgan fingerprint density at radius 1 is 0.667 bits per heavy atom. The summed E-state index contributed by atoms with van der Waals surface area (Å²) in [5.74, 6) is 12.8. The molecule has 8 saturated carbocycles. The van der Waals surface area contributed by atoms with Crippen molar-refractivity contribution in [3.63, 3.8) is 0 Å². The van der Waals surface area contributed by atoms with Gasteiger partial charge in [-0.05, 0) is 109 Å². The summed E-state index contributed by atoms with van der Waals surface area (Å²) < 4.78 is 0. The van der Waals surface area contributed by atoms with Crippen LogP contribution in [0.25, 0.3) is 0 Å². The number of rotatable bonds is 0. The standard InChI is InChI=1S/C18H22/c1-2-8-7(1)12-13(8)16-14(12)10-6-18(16)15(10)9-5-17(18)4-3-11(9)17/h7-16H,1-6H2. The molecule has 0 aromatic carbocycles. The molecule has 0 N–H and O–H groups in total. The fourth-order valence-electron chi connectivity index (χ4n) is 10.8. The second-order valence-electron chi connectivity index (χ2n) is 9.77. The minimum atomic E-state index is 0.984. The quantitative estimate of drug-likeness (QED) is 0.605. The zero-order valence-corrected chi connectivity index (χ0v) is 11.0. The lowest BCUT2D eigenvalue weighted by molar-refractivity contribution is -0.274. The van der Waals surface area contributed by atoms with Gasteiger partial charge < -0.3 is 0 Å². The molecule has 8 aliphatic rings. The van der Waals surface area contributed by atoms with Crippen LogP contribution in [0.3, 0.4) is 0 Å². The molecule has 0 spiro atoms. The highest BCUT2D eigenvalue weighted by atomic mass is 15.0. The Morgan fingerprint density at radius 2 is 1.50 bits per heavy atom. The van der Waals surface area contributed by atoms with Gasteiger partial charge in [0.15, 0.2) is 0 Å². The number of fused-ring (bicyclic) bond motifs is 8. The SMILES string of the molecule is C1CC2C1C1C2C2C1C1CC23C1C1CC32CCC12. The molecule has 8 rings (SSSR count). The average molecular weight is 238 g/mol. The molecular formula is C18H22. The molecule has 8 fully saturated rings. The van der Waals surface area contributed by atoms with Crippen molar-refractivity contribution in [1.29, 1.82) is 0 Å². The fraction of sp³-hybridized carbons (Fsp3) is 1.00. The Kier molecular flexibility index (Phi) is 0.873. The Bertz CT molecular complexity index is 536. The summed E-state index contributed by atoms with van der Waals surface area (Å²) in [7, 11) is 0. The van der Waals surface area contributed by atoms with Gasteiger partial charge in [-0.25, -0.2) is 0 Å². The Labute approximate surface area is 109 Å². The summed E-state index contributed by atoms with van der Waals surface area (Å²) in [5, 5.41) is 0. The van der Waals surface area contributed by atoms with Crippen LogP contribution in [0.15, 0.2) is 0 Å². The van der Waals surface area contributed by atoms with E-state index in [1.165, 1.54) is 59.2 Å². The second kappa shape index (κ2) is 1.89. The molecule has 0 aliphatic heterocycles. The molecule has 0 aromatic heterocycles. The molecule has 0 radical (unpaired) electrons. The van der Waals surface area contributed by atoms with Gasteiger partial charge in [0.05, 0.1) is 0 Å². The van der Waals surface area contributed by atoms with E-state index >= 15 is 0 Å². The Hall–Kier alpha value is 0. The van der Waals surface area contributed by atoms with E-state index in [0.717, 1.165) is 10.8 Å². The topological polar surface area (TPSA) is 0 Å². The summed E-state index contributed by atoms with van der Waals surface area (Å²) in [6.45, 7) is 0. The van der Waals surface area contributed by atoms with E-state index in [2.05, 4.69) is 0 Å². The molecule has 12 unspecified atom stereocenters. The average Bonchev–Trinajstić information content (AvgIpc) is 2.81. The van der Waals surface area contributed by atoms with Crippen LogP contribution in [-0.2, 0) is 0 Å². The summed E-state index contributed by atoms with van der Waals surface area (Å²) in [6, 6.07) is 0. The van der Waals surface area contributed by atoms with Gasteiger partial charge in [0, 0.05) is 0 Å². The lowest BCUT2D eigenvalue weighted by Crippen LogP contribution is -2.70. The van der Waals surface area contributed by atoms with Gasteiger partial charge in [0.1, 0.15) is 0 Å². The van der Waals surface area contributed by atoms with Crippen molar-refractivity contribution in [3.8, 4) is 0 Å². The van der Waals surface area contributed by atoms with Gasteiger partial charge >= 0.3 is 0 Å². The van der Waals surface area contributed by atoms with Crippen molar-refractivity contribution in [2.45, 2.75) is 38.5 Å². The zero-order chi connectivity index (χ0) is 11.0. The van der Waals surface area contributed by atoms with Crippen LogP contribution in [0.1, 0.15) is 38.5 Å². The van der Waals surface area contributed by atoms with Gasteiger partial charge in [0.2, 0.25) is 0 Å². The van der Waals surface area contributed by atoms with Crippen molar-refractivity contribution in [2.24, 2.45) is 70.0 Å². The molecule has 94 valence electrons. The van der Waals surface area contributed by atoms with Crippen LogP contribution < -0.4 is 0 Å². The van der Waals surface area contributed by atoms with E-state index in [1.54, 1.807) is 38.5 Å². The van der Waals surface area contributed by atoms with Crippen LogP contribution >= 0.6 is 0 Å². The minimum Gasteiger partial charge on any atom is -0.0496 e. The normalized spacial score (nSPS) is 89.3. The molecule has 0 amide bonds. The molecular weight excluding hydrogens is 216 g/mol. The van der Waals surface area contributed by atoms with Crippen LogP contribution in [-0.4, -0.2) is 0 Å². The largest absolute Gasteiger partial charge is 0.0496 e. The maximum Gasteiger partial charge on any atom is -0.0168 e. The third-order valence-corrected chi connectivity index (χ3v) is 10.9. The summed E-state index contributed by atoms with van der Waals surface area (Å²) >= 11 is 0. The first-order valence-corrected chi connectivity index (χ1v) is 8.88. The highest BCUT2D eigenvalue weighted by Gasteiger charge is 2.95. The Balaban J connectivity index is 1.35. The summed E-state index contributed by atoms with van der Waals surface area (Å²) in [4.78, 5) is 0. The first-order chi connectivity index (χ1) is 8.88. The van der Waals surface area contributed by atoms with E-state index in [9.17, 15) is 0 Å². The molecule has 8 aliphatic carbocycles. The smallest absolute Gasteiger partial charge is 0.0168 e. The van der Waals surface area contributed by atoms with Gasteiger partial charge in [-0.15, -0.1) is 0 Å². The molecule has 0 saturated heterocycles. The highest BCUT2D eigenvalue weighted by molar-refractivity contribution is 5.42. The van der Waals surface area contributed by atoms with E-state index in [0.29, 0.717) is 0 Å². The van der Waals surface area contributed by atoms with Gasteiger partial charge in [-0.1, -0.05) is 0 Å². The first-order valence-electron chi connectivity index (χ1n) is 8.88. The molecule has 12 atom stereocenters. The van der Waals surface area contributed by atoms with E-state index < -0.39 is 0 Å². The van der Waals surface area contributed by atoms with E-state index in [-0.39, 0.29) is 0 Å². The summed E-state index contributed by atoms with van der Waals surface area (Å²) in [5.41, 5.74) is 1.98. The monoisotopic (exact) mass is 238 g/mol. The van der Waals surface area contributed by atoms with Crippen LogP contribution in [0, 0.1) is 70.0 Å². The number of hydrogen-bond donors (Lipinski definition) is 0. The fourth-order valence-corrected chi connectivity index (χ4v) is 10.8. The van der Waals surface area contributed by atoms with Gasteiger partial charge in [0.25, 0.3) is 0 Å². The predicted molar refractivity (Wildman–Crippen MR) is 67.5 cm³/mol. The summed E-state index contributed by atoms with van der Waals surface area (Å²) in [6.07, 6.45) is 10.1. The van der Waals surface area contributed by atoms with Gasteiger partial charge in [-0.2, -0.15) is 0 Å². The van der Waals surface area contributed by atoms with Crippen molar-refractivity contribution < 1.29 is 0 Å². The first kappa shape index (κ1) is 8.32. The molecule has 0 heterocycles. The van der Waals surface area contributed by atoms with Crippen molar-refractivity contribution in [2.75, 3.05) is 0 Å².